The third kappa shape index (κ3) is 4.63. The van der Waals surface area contributed by atoms with Gasteiger partial charge in [-0.3, -0.25) is 0 Å². The van der Waals surface area contributed by atoms with Crippen molar-refractivity contribution in [1.82, 2.24) is 15.0 Å². The van der Waals surface area contributed by atoms with Crippen molar-refractivity contribution >= 4 is 70.5 Å². The minimum atomic E-state index is 0.626. The number of nitrogens with zero attached hydrogens (tertiary/aromatic N) is 3. The zero-order chi connectivity index (χ0) is 34.2. The highest BCUT2D eigenvalue weighted by molar-refractivity contribution is 7.20. The van der Waals surface area contributed by atoms with Gasteiger partial charge >= 0.3 is 0 Å². The maximum atomic E-state index is 6.60. The van der Waals surface area contributed by atoms with E-state index in [0.29, 0.717) is 17.5 Å². The van der Waals surface area contributed by atoms with Crippen LogP contribution in [-0.2, 0) is 6.42 Å². The maximum Gasteiger partial charge on any atom is 0.165 e. The van der Waals surface area contributed by atoms with Gasteiger partial charge in [-0.05, 0) is 86.8 Å². The Morgan fingerprint density at radius 2 is 1.23 bits per heavy atom. The van der Waals surface area contributed by atoms with Crippen LogP contribution in [0.2, 0.25) is 0 Å². The van der Waals surface area contributed by atoms with Gasteiger partial charge in [0.25, 0.3) is 0 Å². The van der Waals surface area contributed by atoms with E-state index in [2.05, 4.69) is 140 Å². The molecule has 4 nitrogen and oxygen atoms in total. The third-order valence-corrected chi connectivity index (χ3v) is 11.6. The Kier molecular flexibility index (Phi) is 6.51. The first-order valence-electron chi connectivity index (χ1n) is 17.7. The predicted octanol–water partition coefficient (Wildman–Crippen LogP) is 12.7. The van der Waals surface area contributed by atoms with Gasteiger partial charge in [0.1, 0.15) is 11.2 Å². The number of thiophene rings is 1. The molecule has 3 aromatic heterocycles. The molecule has 1 aliphatic carbocycles. The van der Waals surface area contributed by atoms with Crippen molar-refractivity contribution in [2.24, 2.45) is 0 Å². The third-order valence-electron chi connectivity index (χ3n) is 10.4. The lowest BCUT2D eigenvalue weighted by atomic mass is 9.94. The van der Waals surface area contributed by atoms with Crippen LogP contribution in [0, 0.1) is 0 Å². The second-order valence-corrected chi connectivity index (χ2v) is 14.5. The predicted molar refractivity (Wildman–Crippen MR) is 216 cm³/mol. The highest BCUT2D eigenvalue weighted by Gasteiger charge is 2.25. The van der Waals surface area contributed by atoms with Gasteiger partial charge in [-0.15, -0.1) is 11.3 Å². The van der Waals surface area contributed by atoms with Gasteiger partial charge in [0.2, 0.25) is 0 Å². The molecule has 0 radical (unpaired) electrons. The summed E-state index contributed by atoms with van der Waals surface area (Å²) in [4.78, 5) is 17.2. The van der Waals surface area contributed by atoms with Crippen LogP contribution in [0.4, 0.5) is 0 Å². The fraction of sp³-hybridized carbons (Fsp3) is 0.0426. The quantitative estimate of drug-likeness (QED) is 0.185. The Labute approximate surface area is 303 Å². The van der Waals surface area contributed by atoms with Crippen LogP contribution in [-0.4, -0.2) is 15.0 Å². The summed E-state index contributed by atoms with van der Waals surface area (Å²) < 4.78 is 7.89. The van der Waals surface area contributed by atoms with Gasteiger partial charge in [-0.2, -0.15) is 0 Å². The smallest absolute Gasteiger partial charge is 0.165 e. The average Bonchev–Trinajstić information content (AvgIpc) is 3.78. The van der Waals surface area contributed by atoms with Crippen molar-refractivity contribution in [2.45, 2.75) is 12.8 Å². The van der Waals surface area contributed by atoms with E-state index < -0.39 is 0 Å². The number of allylic oxidation sites excluding steroid dienone is 1. The maximum absolute atomic E-state index is 6.60. The molecule has 0 atom stereocenters. The Bertz CT molecular complexity index is 3090. The van der Waals surface area contributed by atoms with Crippen molar-refractivity contribution in [3.8, 4) is 33.9 Å². The first-order valence-corrected chi connectivity index (χ1v) is 18.5. The monoisotopic (exact) mass is 683 g/mol. The molecular formula is C47H29N3OS. The lowest BCUT2D eigenvalue weighted by Gasteiger charge is -2.16. The van der Waals surface area contributed by atoms with E-state index in [4.69, 9.17) is 19.4 Å². The standard InChI is InChI=1S/C47H29N3OS/c1-2-13-30-25-31(24-23-28(30)11-1)45-48-46(38-20-10-19-36-35-16-6-8-22-42(35)52-44(36)38)50-47(49-45)39-26-32(34-18-9-14-29-12-3-4-15-33(29)34)27-41-43(39)37-17-5-7-21-40(37)51-41/h1-9,11-18,20-27H,10,19H2. The summed E-state index contributed by atoms with van der Waals surface area (Å²) in [7, 11) is 0. The molecular weight excluding hydrogens is 655 g/mol. The summed E-state index contributed by atoms with van der Waals surface area (Å²) in [6, 6.07) is 51.3. The Morgan fingerprint density at radius 3 is 2.15 bits per heavy atom. The molecule has 0 saturated carbocycles. The van der Waals surface area contributed by atoms with Crippen LogP contribution in [0.15, 0.2) is 156 Å². The minimum absolute atomic E-state index is 0.626. The zero-order valence-electron chi connectivity index (χ0n) is 28.0. The molecule has 10 aromatic rings. The Hall–Kier alpha value is -6.43. The molecule has 7 aromatic carbocycles. The highest BCUT2D eigenvalue weighted by Crippen LogP contribution is 2.44. The van der Waals surface area contributed by atoms with Crippen LogP contribution in [0.3, 0.4) is 0 Å². The molecule has 0 saturated heterocycles. The average molecular weight is 684 g/mol. The van der Waals surface area contributed by atoms with Gasteiger partial charge < -0.3 is 4.42 Å². The lowest BCUT2D eigenvalue weighted by Crippen LogP contribution is -2.06. The molecule has 0 N–H and O–H groups in total. The van der Waals surface area contributed by atoms with Crippen LogP contribution in [0.25, 0.3) is 93.0 Å². The molecule has 244 valence electrons. The van der Waals surface area contributed by atoms with E-state index in [1.54, 1.807) is 0 Å². The summed E-state index contributed by atoms with van der Waals surface area (Å²) in [6.45, 7) is 0. The van der Waals surface area contributed by atoms with E-state index in [1.165, 1.54) is 36.7 Å². The van der Waals surface area contributed by atoms with Crippen LogP contribution >= 0.6 is 11.3 Å². The molecule has 0 amide bonds. The first-order chi connectivity index (χ1) is 25.7. The molecule has 0 aliphatic heterocycles. The molecule has 11 rings (SSSR count). The van der Waals surface area contributed by atoms with Crippen molar-refractivity contribution in [1.29, 1.82) is 0 Å². The van der Waals surface area contributed by atoms with Gasteiger partial charge in [0.15, 0.2) is 17.5 Å². The highest BCUT2D eigenvalue weighted by atomic mass is 32.1. The number of para-hydroxylation sites is 1. The van der Waals surface area contributed by atoms with Gasteiger partial charge in [-0.1, -0.05) is 121 Å². The van der Waals surface area contributed by atoms with Gasteiger partial charge in [0.05, 0.1) is 0 Å². The minimum Gasteiger partial charge on any atom is -0.456 e. The fourth-order valence-corrected chi connectivity index (χ4v) is 9.24. The second kappa shape index (κ2) is 11.6. The molecule has 52 heavy (non-hydrogen) atoms. The van der Waals surface area contributed by atoms with Crippen LogP contribution in [0.1, 0.15) is 22.7 Å². The van der Waals surface area contributed by atoms with Crippen LogP contribution in [0.5, 0.6) is 0 Å². The number of rotatable bonds is 4. The van der Waals surface area contributed by atoms with Crippen molar-refractivity contribution in [3.05, 3.63) is 168 Å². The number of furan rings is 1. The normalized spacial score (nSPS) is 13.0. The van der Waals surface area contributed by atoms with E-state index in [-0.39, 0.29) is 0 Å². The molecule has 0 bridgehead atoms. The molecule has 5 heteroatoms. The van der Waals surface area contributed by atoms with E-state index in [0.717, 1.165) is 68.0 Å². The Balaban J connectivity index is 1.21. The second-order valence-electron chi connectivity index (χ2n) is 13.5. The fourth-order valence-electron chi connectivity index (χ4n) is 7.95. The van der Waals surface area contributed by atoms with E-state index in [1.807, 2.05) is 23.5 Å². The Morgan fingerprint density at radius 1 is 0.500 bits per heavy atom. The summed E-state index contributed by atoms with van der Waals surface area (Å²) in [6.07, 6.45) is 4.26. The zero-order valence-corrected chi connectivity index (χ0v) is 28.8. The topological polar surface area (TPSA) is 51.8 Å². The first kappa shape index (κ1) is 29.3. The van der Waals surface area contributed by atoms with Gasteiger partial charge in [-0.25, -0.2) is 15.0 Å². The summed E-state index contributed by atoms with van der Waals surface area (Å²) >= 11 is 1.83. The lowest BCUT2D eigenvalue weighted by molar-refractivity contribution is 0.669. The van der Waals surface area contributed by atoms with Crippen molar-refractivity contribution < 1.29 is 4.42 Å². The molecule has 0 spiro atoms. The number of fused-ring (bicyclic) bond motifs is 8. The summed E-state index contributed by atoms with van der Waals surface area (Å²) in [5.41, 5.74) is 8.16. The molecule has 0 unspecified atom stereocenters. The summed E-state index contributed by atoms with van der Waals surface area (Å²) in [5.74, 6) is 1.97. The van der Waals surface area contributed by atoms with Crippen LogP contribution < -0.4 is 0 Å². The molecule has 1 aliphatic rings. The van der Waals surface area contributed by atoms with E-state index in [9.17, 15) is 0 Å². The number of hydrogen-bond acceptors (Lipinski definition) is 5. The largest absolute Gasteiger partial charge is 0.456 e. The number of hydrogen-bond donors (Lipinski definition) is 0. The van der Waals surface area contributed by atoms with E-state index >= 15 is 0 Å². The number of aryl methyl sites for hydroxylation is 1. The SMILES string of the molecule is C1=C(c2nc(-c3ccc4ccccc4c3)nc(-c3cc(-c4cccc5ccccc45)cc4oc5ccccc5c34)n2)c2sc3ccccc3c2CC1. The van der Waals surface area contributed by atoms with Crippen molar-refractivity contribution in [3.63, 3.8) is 0 Å². The number of aromatic nitrogens is 3. The molecule has 0 fully saturated rings. The number of benzene rings is 7. The van der Waals surface area contributed by atoms with Crippen molar-refractivity contribution in [2.75, 3.05) is 0 Å². The molecule has 3 heterocycles. The van der Waals surface area contributed by atoms with Gasteiger partial charge in [0, 0.05) is 37.0 Å². The summed E-state index contributed by atoms with van der Waals surface area (Å²) in [5, 5.41) is 8.07.